The van der Waals surface area contributed by atoms with Gasteiger partial charge in [0.15, 0.2) is 0 Å². The molecular weight excluding hydrogens is 298 g/mol. The zero-order valence-electron chi connectivity index (χ0n) is 13.9. The number of nitrogens with zero attached hydrogens (tertiary/aromatic N) is 1. The first kappa shape index (κ1) is 19.0. The van der Waals surface area contributed by atoms with E-state index in [0.717, 1.165) is 24.9 Å². The van der Waals surface area contributed by atoms with Gasteiger partial charge in [0.1, 0.15) is 6.23 Å². The first-order valence-corrected chi connectivity index (χ1v) is 8.76. The van der Waals surface area contributed by atoms with Gasteiger partial charge in [0.05, 0.1) is 6.10 Å². The molecule has 4 heteroatoms. The van der Waals surface area contributed by atoms with Crippen molar-refractivity contribution in [3.63, 3.8) is 0 Å². The molecule has 22 heavy (non-hydrogen) atoms. The zero-order valence-corrected chi connectivity index (χ0v) is 14.7. The lowest BCUT2D eigenvalue weighted by Crippen LogP contribution is -2.42. The summed E-state index contributed by atoms with van der Waals surface area (Å²) >= 11 is 5.72. The lowest BCUT2D eigenvalue weighted by Gasteiger charge is -2.32. The first-order valence-electron chi connectivity index (χ1n) is 8.22. The Bertz CT molecular complexity index is 424. The average Bonchev–Trinajstić information content (AvgIpc) is 2.53. The lowest BCUT2D eigenvalue weighted by molar-refractivity contribution is -0.122. The molecule has 1 rings (SSSR count). The van der Waals surface area contributed by atoms with Crippen LogP contribution in [0.15, 0.2) is 30.3 Å². The molecule has 0 saturated heterocycles. The summed E-state index contributed by atoms with van der Waals surface area (Å²) < 4.78 is 6.13. The molecule has 1 amide bonds. The Morgan fingerprint density at radius 2 is 1.95 bits per heavy atom. The van der Waals surface area contributed by atoms with Crippen molar-refractivity contribution in [2.45, 2.75) is 65.2 Å². The number of hydrogen-bond donors (Lipinski definition) is 0. The predicted octanol–water partition coefficient (Wildman–Crippen LogP) is 4.98. The highest BCUT2D eigenvalue weighted by Gasteiger charge is 2.24. The van der Waals surface area contributed by atoms with Crippen molar-refractivity contribution in [1.82, 2.24) is 0 Å². The molecule has 0 aliphatic carbocycles. The number of alkyl halides is 1. The van der Waals surface area contributed by atoms with Crippen molar-refractivity contribution in [3.8, 4) is 0 Å². The molecule has 0 aliphatic heterocycles. The third kappa shape index (κ3) is 5.98. The minimum Gasteiger partial charge on any atom is -0.355 e. The minimum atomic E-state index is -0.276. The molecule has 0 bridgehead atoms. The Labute approximate surface area is 139 Å². The smallest absolute Gasteiger partial charge is 0.229 e. The molecule has 0 N–H and O–H groups in total. The van der Waals surface area contributed by atoms with Crippen molar-refractivity contribution >= 4 is 23.2 Å². The molecule has 1 aromatic rings. The number of halogens is 1. The van der Waals surface area contributed by atoms with Crippen LogP contribution in [-0.2, 0) is 9.53 Å². The van der Waals surface area contributed by atoms with E-state index in [0.29, 0.717) is 18.7 Å². The highest BCUT2D eigenvalue weighted by atomic mass is 35.5. The van der Waals surface area contributed by atoms with E-state index in [2.05, 4.69) is 13.8 Å². The number of ether oxygens (including phenoxy) is 1. The van der Waals surface area contributed by atoms with Gasteiger partial charge >= 0.3 is 0 Å². The van der Waals surface area contributed by atoms with Crippen LogP contribution in [0.3, 0.4) is 0 Å². The molecule has 0 aliphatic rings. The van der Waals surface area contributed by atoms with Crippen molar-refractivity contribution in [1.29, 1.82) is 0 Å². The highest BCUT2D eigenvalue weighted by Crippen LogP contribution is 2.21. The van der Waals surface area contributed by atoms with Crippen molar-refractivity contribution in [3.05, 3.63) is 30.3 Å². The molecule has 0 heterocycles. The van der Waals surface area contributed by atoms with Gasteiger partial charge in [-0.15, -0.1) is 11.6 Å². The highest BCUT2D eigenvalue weighted by molar-refractivity contribution is 6.18. The van der Waals surface area contributed by atoms with Crippen molar-refractivity contribution < 1.29 is 9.53 Å². The number of rotatable bonds is 10. The second-order valence-electron chi connectivity index (χ2n) is 5.45. The fourth-order valence-corrected chi connectivity index (χ4v) is 2.65. The van der Waals surface area contributed by atoms with Crippen LogP contribution in [0.4, 0.5) is 5.69 Å². The summed E-state index contributed by atoms with van der Waals surface area (Å²) in [5, 5.41) is 0. The van der Waals surface area contributed by atoms with Crippen LogP contribution in [0.2, 0.25) is 0 Å². The van der Waals surface area contributed by atoms with Crippen LogP contribution in [0.5, 0.6) is 0 Å². The van der Waals surface area contributed by atoms with E-state index >= 15 is 0 Å². The summed E-state index contributed by atoms with van der Waals surface area (Å²) in [5.74, 6) is 0.558. The standard InChI is InChI=1S/C18H28ClNO2/c1-4-10-17(5-2)22-15(3)20(18(21)13-9-14-19)16-11-7-6-8-12-16/h6-8,11-12,15,17H,4-5,9-10,13-14H2,1-3H3. The maximum absolute atomic E-state index is 12.6. The van der Waals surface area contributed by atoms with E-state index in [1.54, 1.807) is 4.90 Å². The number of amides is 1. The summed E-state index contributed by atoms with van der Waals surface area (Å²) in [7, 11) is 0. The van der Waals surface area contributed by atoms with Gasteiger partial charge in [0.25, 0.3) is 0 Å². The second-order valence-corrected chi connectivity index (χ2v) is 5.82. The van der Waals surface area contributed by atoms with Crippen molar-refractivity contribution in [2.75, 3.05) is 10.8 Å². The fraction of sp³-hybridized carbons (Fsp3) is 0.611. The van der Waals surface area contributed by atoms with Gasteiger partial charge in [-0.25, -0.2) is 0 Å². The molecule has 1 aromatic carbocycles. The zero-order chi connectivity index (χ0) is 16.4. The van der Waals surface area contributed by atoms with E-state index < -0.39 is 0 Å². The lowest BCUT2D eigenvalue weighted by atomic mass is 10.1. The number of carbonyl (C=O) groups excluding carboxylic acids is 1. The van der Waals surface area contributed by atoms with Crippen LogP contribution in [-0.4, -0.2) is 24.1 Å². The molecule has 0 spiro atoms. The summed E-state index contributed by atoms with van der Waals surface area (Å²) in [4.78, 5) is 14.3. The molecule has 0 saturated carbocycles. The minimum absolute atomic E-state index is 0.0608. The van der Waals surface area contributed by atoms with Crippen LogP contribution in [0, 0.1) is 0 Å². The van der Waals surface area contributed by atoms with Crippen LogP contribution >= 0.6 is 11.6 Å². The largest absolute Gasteiger partial charge is 0.355 e. The number of anilines is 1. The van der Waals surface area contributed by atoms with Gasteiger partial charge in [0, 0.05) is 18.0 Å². The molecule has 0 radical (unpaired) electrons. The van der Waals surface area contributed by atoms with E-state index in [-0.39, 0.29) is 18.2 Å². The summed E-state index contributed by atoms with van der Waals surface area (Å²) in [6.07, 6.45) is 4.08. The molecule has 2 atom stereocenters. The van der Waals surface area contributed by atoms with E-state index in [4.69, 9.17) is 16.3 Å². The SMILES string of the molecule is CCCC(CC)OC(C)N(C(=O)CCCCl)c1ccccc1. The van der Waals surface area contributed by atoms with Crippen LogP contribution in [0.25, 0.3) is 0 Å². The summed E-state index contributed by atoms with van der Waals surface area (Å²) in [5.41, 5.74) is 0.876. The van der Waals surface area contributed by atoms with Crippen LogP contribution in [0.1, 0.15) is 52.9 Å². The summed E-state index contributed by atoms with van der Waals surface area (Å²) in [6, 6.07) is 9.71. The maximum atomic E-state index is 12.6. The van der Waals surface area contributed by atoms with E-state index in [9.17, 15) is 4.79 Å². The molecule has 2 unspecified atom stereocenters. The quantitative estimate of drug-likeness (QED) is 0.448. The Morgan fingerprint density at radius 1 is 1.27 bits per heavy atom. The fourth-order valence-electron chi connectivity index (χ4n) is 2.51. The van der Waals surface area contributed by atoms with Gasteiger partial charge in [-0.1, -0.05) is 38.5 Å². The second kappa shape index (κ2) is 10.6. The molecule has 124 valence electrons. The molecular formula is C18H28ClNO2. The van der Waals surface area contributed by atoms with Gasteiger partial charge in [-0.05, 0) is 38.3 Å². The normalized spacial score (nSPS) is 13.6. The van der Waals surface area contributed by atoms with Crippen LogP contribution < -0.4 is 4.90 Å². The van der Waals surface area contributed by atoms with Gasteiger partial charge in [0.2, 0.25) is 5.91 Å². The number of benzene rings is 1. The van der Waals surface area contributed by atoms with E-state index in [1.165, 1.54) is 0 Å². The Morgan fingerprint density at radius 3 is 2.50 bits per heavy atom. The number of para-hydroxylation sites is 1. The summed E-state index contributed by atoms with van der Waals surface area (Å²) in [6.45, 7) is 6.22. The van der Waals surface area contributed by atoms with Gasteiger partial charge < -0.3 is 4.74 Å². The third-order valence-electron chi connectivity index (χ3n) is 3.65. The van der Waals surface area contributed by atoms with Crippen molar-refractivity contribution in [2.24, 2.45) is 0 Å². The number of hydrogen-bond acceptors (Lipinski definition) is 2. The van der Waals surface area contributed by atoms with Gasteiger partial charge in [-0.3, -0.25) is 9.69 Å². The topological polar surface area (TPSA) is 29.5 Å². The molecule has 3 nitrogen and oxygen atoms in total. The maximum Gasteiger partial charge on any atom is 0.229 e. The van der Waals surface area contributed by atoms with Gasteiger partial charge in [-0.2, -0.15) is 0 Å². The monoisotopic (exact) mass is 325 g/mol. The first-order chi connectivity index (χ1) is 10.6. The Balaban J connectivity index is 2.86. The van der Waals surface area contributed by atoms with E-state index in [1.807, 2.05) is 37.3 Å². The molecule has 0 fully saturated rings. The predicted molar refractivity (Wildman–Crippen MR) is 93.4 cm³/mol. The third-order valence-corrected chi connectivity index (χ3v) is 3.91. The average molecular weight is 326 g/mol. The Hall–Kier alpha value is -1.06. The molecule has 0 aromatic heterocycles. The Kier molecular flexibility index (Phi) is 9.17. The number of carbonyl (C=O) groups is 1.